The molecule has 0 saturated heterocycles. The van der Waals surface area contributed by atoms with Crippen molar-refractivity contribution < 1.29 is 25.2 Å². The van der Waals surface area contributed by atoms with Crippen molar-refractivity contribution in [3.8, 4) is 17.2 Å². The average Bonchev–Trinajstić information content (AvgIpc) is 2.69. The van der Waals surface area contributed by atoms with Crippen molar-refractivity contribution in [1.29, 1.82) is 0 Å². The number of carboxylic acid groups (broad SMARTS) is 1. The molecule has 5 nitrogen and oxygen atoms in total. The van der Waals surface area contributed by atoms with Crippen LogP contribution in [0.3, 0.4) is 0 Å². The second-order valence-corrected chi connectivity index (χ2v) is 8.71. The summed E-state index contributed by atoms with van der Waals surface area (Å²) >= 11 is 1.43. The number of hydrogen-bond donors (Lipinski definition) is 4. The number of rotatable bonds is 14. The molecule has 0 fully saturated rings. The predicted octanol–water partition coefficient (Wildman–Crippen LogP) is 6.48. The van der Waals surface area contributed by atoms with E-state index >= 15 is 0 Å². The smallest absolute Gasteiger partial charge is 0.303 e. The highest BCUT2D eigenvalue weighted by Gasteiger charge is 2.10. The SMILES string of the molecule is O=C(O)CCCCCCCCCCCc1cc(O)ccc1Sc1ccc(O)cc1O. The van der Waals surface area contributed by atoms with Crippen molar-refractivity contribution in [3.05, 3.63) is 42.0 Å². The Morgan fingerprint density at radius 2 is 1.23 bits per heavy atom. The van der Waals surface area contributed by atoms with Crippen LogP contribution >= 0.6 is 11.8 Å². The van der Waals surface area contributed by atoms with E-state index in [-0.39, 0.29) is 23.7 Å². The van der Waals surface area contributed by atoms with E-state index in [2.05, 4.69) is 0 Å². The number of aromatic hydroxyl groups is 3. The Morgan fingerprint density at radius 3 is 1.83 bits per heavy atom. The van der Waals surface area contributed by atoms with Crippen LogP contribution < -0.4 is 0 Å². The summed E-state index contributed by atoms with van der Waals surface area (Å²) in [6.45, 7) is 0. The maximum absolute atomic E-state index is 10.5. The molecule has 0 unspecified atom stereocenters. The Hall–Kier alpha value is -2.34. The molecule has 0 bridgehead atoms. The summed E-state index contributed by atoms with van der Waals surface area (Å²) in [5, 5.41) is 38.0. The highest BCUT2D eigenvalue weighted by atomic mass is 32.2. The van der Waals surface area contributed by atoms with Crippen LogP contribution in [0.25, 0.3) is 0 Å². The van der Waals surface area contributed by atoms with E-state index in [0.717, 1.165) is 49.0 Å². The van der Waals surface area contributed by atoms with Gasteiger partial charge in [0, 0.05) is 17.4 Å². The molecule has 0 amide bonds. The summed E-state index contributed by atoms with van der Waals surface area (Å²) in [6, 6.07) is 9.87. The maximum atomic E-state index is 10.5. The molecule has 0 atom stereocenters. The molecule has 164 valence electrons. The first kappa shape index (κ1) is 23.9. The van der Waals surface area contributed by atoms with Crippen LogP contribution in [-0.2, 0) is 11.2 Å². The largest absolute Gasteiger partial charge is 0.508 e. The first-order chi connectivity index (χ1) is 14.5. The lowest BCUT2D eigenvalue weighted by molar-refractivity contribution is -0.137. The molecule has 6 heteroatoms. The molecule has 0 aliphatic heterocycles. The lowest BCUT2D eigenvalue weighted by Crippen LogP contribution is -1.93. The van der Waals surface area contributed by atoms with E-state index in [1.54, 1.807) is 24.3 Å². The number of carbonyl (C=O) groups is 1. The number of unbranched alkanes of at least 4 members (excludes halogenated alkanes) is 8. The van der Waals surface area contributed by atoms with E-state index in [0.29, 0.717) is 4.90 Å². The van der Waals surface area contributed by atoms with Gasteiger partial charge in [0.2, 0.25) is 0 Å². The number of phenolic OH excluding ortho intramolecular Hbond substituents is 3. The van der Waals surface area contributed by atoms with Crippen LogP contribution in [0.5, 0.6) is 17.2 Å². The van der Waals surface area contributed by atoms with Gasteiger partial charge < -0.3 is 20.4 Å². The maximum Gasteiger partial charge on any atom is 0.303 e. The average molecular weight is 433 g/mol. The summed E-state index contributed by atoms with van der Waals surface area (Å²) in [5.74, 6) is -0.389. The number of phenols is 3. The first-order valence-corrected chi connectivity index (χ1v) is 11.5. The van der Waals surface area contributed by atoms with E-state index < -0.39 is 5.97 Å². The van der Waals surface area contributed by atoms with E-state index in [9.17, 15) is 20.1 Å². The molecule has 0 saturated carbocycles. The lowest BCUT2D eigenvalue weighted by Gasteiger charge is -2.11. The number of benzene rings is 2. The first-order valence-electron chi connectivity index (χ1n) is 10.7. The Labute approximate surface area is 182 Å². The van der Waals surface area contributed by atoms with Crippen LogP contribution in [0, 0.1) is 0 Å². The van der Waals surface area contributed by atoms with E-state index in [1.165, 1.54) is 43.5 Å². The Morgan fingerprint density at radius 1 is 0.700 bits per heavy atom. The third kappa shape index (κ3) is 8.99. The molecule has 0 aliphatic rings. The second kappa shape index (κ2) is 13.1. The van der Waals surface area contributed by atoms with Crippen molar-refractivity contribution in [2.45, 2.75) is 80.4 Å². The molecular formula is C24H32O5S. The summed E-state index contributed by atoms with van der Waals surface area (Å²) < 4.78 is 0. The minimum Gasteiger partial charge on any atom is -0.508 e. The van der Waals surface area contributed by atoms with Crippen LogP contribution in [0.1, 0.15) is 69.8 Å². The van der Waals surface area contributed by atoms with Crippen molar-refractivity contribution in [3.63, 3.8) is 0 Å². The van der Waals surface area contributed by atoms with Crippen molar-refractivity contribution in [2.24, 2.45) is 0 Å². The summed E-state index contributed by atoms with van der Waals surface area (Å²) in [5.41, 5.74) is 1.06. The summed E-state index contributed by atoms with van der Waals surface area (Å²) in [6.07, 6.45) is 10.9. The van der Waals surface area contributed by atoms with E-state index in [1.807, 2.05) is 6.07 Å². The Balaban J connectivity index is 1.70. The highest BCUT2D eigenvalue weighted by molar-refractivity contribution is 7.99. The van der Waals surface area contributed by atoms with Crippen LogP contribution in [-0.4, -0.2) is 26.4 Å². The van der Waals surface area contributed by atoms with Gasteiger partial charge in [-0.25, -0.2) is 0 Å². The molecule has 2 aromatic rings. The topological polar surface area (TPSA) is 98.0 Å². The molecule has 2 rings (SSSR count). The summed E-state index contributed by atoms with van der Waals surface area (Å²) in [7, 11) is 0. The Kier molecular flexibility index (Phi) is 10.4. The van der Waals surface area contributed by atoms with Crippen molar-refractivity contribution in [2.75, 3.05) is 0 Å². The monoisotopic (exact) mass is 432 g/mol. The molecule has 30 heavy (non-hydrogen) atoms. The predicted molar refractivity (Wildman–Crippen MR) is 120 cm³/mol. The number of hydrogen-bond acceptors (Lipinski definition) is 5. The van der Waals surface area contributed by atoms with Gasteiger partial charge in [0.1, 0.15) is 17.2 Å². The van der Waals surface area contributed by atoms with Gasteiger partial charge in [-0.15, -0.1) is 0 Å². The van der Waals surface area contributed by atoms with E-state index in [4.69, 9.17) is 5.11 Å². The van der Waals surface area contributed by atoms with Crippen LogP contribution in [0.4, 0.5) is 0 Å². The Bertz CT molecular complexity index is 806. The van der Waals surface area contributed by atoms with Gasteiger partial charge in [0.25, 0.3) is 0 Å². The molecular weight excluding hydrogens is 400 g/mol. The molecule has 4 N–H and O–H groups in total. The zero-order chi connectivity index (χ0) is 21.8. The van der Waals surface area contributed by atoms with Gasteiger partial charge in [0.05, 0.1) is 4.90 Å². The van der Waals surface area contributed by atoms with Crippen LogP contribution in [0.2, 0.25) is 0 Å². The van der Waals surface area contributed by atoms with Gasteiger partial charge >= 0.3 is 5.97 Å². The fraction of sp³-hybridized carbons (Fsp3) is 0.458. The fourth-order valence-electron chi connectivity index (χ4n) is 3.40. The van der Waals surface area contributed by atoms with Gasteiger partial charge in [-0.05, 0) is 55.2 Å². The third-order valence-electron chi connectivity index (χ3n) is 5.04. The minimum absolute atomic E-state index is 0.0306. The zero-order valence-corrected chi connectivity index (χ0v) is 18.2. The lowest BCUT2D eigenvalue weighted by atomic mass is 10.0. The molecule has 0 radical (unpaired) electrons. The normalized spacial score (nSPS) is 10.9. The van der Waals surface area contributed by atoms with Crippen molar-refractivity contribution >= 4 is 17.7 Å². The second-order valence-electron chi connectivity index (χ2n) is 7.62. The highest BCUT2D eigenvalue weighted by Crippen LogP contribution is 2.39. The van der Waals surface area contributed by atoms with Gasteiger partial charge in [-0.2, -0.15) is 0 Å². The molecule has 0 aliphatic carbocycles. The fourth-order valence-corrected chi connectivity index (χ4v) is 4.37. The molecule has 0 spiro atoms. The van der Waals surface area contributed by atoms with Gasteiger partial charge in [-0.1, -0.05) is 56.7 Å². The minimum atomic E-state index is -0.705. The number of carboxylic acids is 1. The van der Waals surface area contributed by atoms with Crippen molar-refractivity contribution in [1.82, 2.24) is 0 Å². The third-order valence-corrected chi connectivity index (χ3v) is 6.23. The molecule has 0 heterocycles. The number of aryl methyl sites for hydroxylation is 1. The van der Waals surface area contributed by atoms with Gasteiger partial charge in [-0.3, -0.25) is 4.79 Å². The number of aliphatic carboxylic acids is 1. The molecule has 0 aromatic heterocycles. The summed E-state index contributed by atoms with van der Waals surface area (Å²) in [4.78, 5) is 12.1. The van der Waals surface area contributed by atoms with Gasteiger partial charge in [0.15, 0.2) is 0 Å². The zero-order valence-electron chi connectivity index (χ0n) is 17.3. The molecule has 2 aromatic carbocycles. The quantitative estimate of drug-likeness (QED) is 0.255. The van der Waals surface area contributed by atoms with Crippen LogP contribution in [0.15, 0.2) is 46.2 Å². The standard InChI is InChI=1S/C24H32O5S/c25-19-12-14-22(30-23-15-13-20(26)17-21(23)27)18(16-19)10-8-6-4-2-1-3-5-7-9-11-24(28)29/h12-17,25-27H,1-11H2,(H,28,29).